The molecule has 1 atom stereocenters. The molecule has 2 aliphatic rings. The summed E-state index contributed by atoms with van der Waals surface area (Å²) >= 11 is 2.03. The van der Waals surface area contributed by atoms with Gasteiger partial charge in [0, 0.05) is 44.8 Å². The van der Waals surface area contributed by atoms with Crippen molar-refractivity contribution in [1.82, 2.24) is 25.4 Å². The van der Waals surface area contributed by atoms with Crippen LogP contribution in [-0.2, 0) is 19.4 Å². The van der Waals surface area contributed by atoms with Crippen molar-refractivity contribution in [3.05, 3.63) is 11.6 Å². The van der Waals surface area contributed by atoms with Gasteiger partial charge in [-0.15, -0.1) is 34.2 Å². The Bertz CT molecular complexity index is 541. The van der Waals surface area contributed by atoms with Gasteiger partial charge in [-0.05, 0) is 37.9 Å². The largest absolute Gasteiger partial charge is 0.356 e. The summed E-state index contributed by atoms with van der Waals surface area (Å²) in [6.07, 6.45) is 9.49. The molecular weight excluding hydrogens is 447 g/mol. The van der Waals surface area contributed by atoms with Crippen LogP contribution in [0.2, 0.25) is 0 Å². The Morgan fingerprint density at radius 1 is 1.28 bits per heavy atom. The second-order valence-corrected chi connectivity index (χ2v) is 7.81. The average Bonchev–Trinajstić information content (AvgIpc) is 2.85. The number of aliphatic imine (C=N–C) groups is 1. The lowest BCUT2D eigenvalue weighted by Gasteiger charge is -2.24. The predicted octanol–water partition coefficient (Wildman–Crippen LogP) is 2.62. The van der Waals surface area contributed by atoms with Crippen molar-refractivity contribution in [1.29, 1.82) is 0 Å². The number of nitrogens with zero attached hydrogens (tertiary/aromatic N) is 4. The van der Waals surface area contributed by atoms with Gasteiger partial charge >= 0.3 is 0 Å². The molecule has 0 aromatic carbocycles. The number of hydrogen-bond donors (Lipinski definition) is 2. The Labute approximate surface area is 172 Å². The number of aryl methyl sites for hydroxylation is 2. The Balaban J connectivity index is 0.00000225. The van der Waals surface area contributed by atoms with E-state index < -0.39 is 0 Å². The Morgan fingerprint density at radius 3 is 3.00 bits per heavy atom. The lowest BCUT2D eigenvalue weighted by molar-refractivity contribution is 0.575. The van der Waals surface area contributed by atoms with Crippen molar-refractivity contribution in [3.63, 3.8) is 0 Å². The van der Waals surface area contributed by atoms with Crippen LogP contribution in [0.4, 0.5) is 0 Å². The van der Waals surface area contributed by atoms with Gasteiger partial charge in [-0.3, -0.25) is 4.99 Å². The van der Waals surface area contributed by atoms with Crippen molar-refractivity contribution in [2.75, 3.05) is 25.1 Å². The molecule has 0 aliphatic carbocycles. The van der Waals surface area contributed by atoms with Crippen LogP contribution in [0.5, 0.6) is 0 Å². The molecule has 8 heteroatoms. The number of hydrogen-bond acceptors (Lipinski definition) is 4. The summed E-state index contributed by atoms with van der Waals surface area (Å²) in [7, 11) is 1.85. The molecule has 1 saturated heterocycles. The highest BCUT2D eigenvalue weighted by molar-refractivity contribution is 14.0. The van der Waals surface area contributed by atoms with Gasteiger partial charge in [0.05, 0.1) is 0 Å². The van der Waals surface area contributed by atoms with E-state index in [9.17, 15) is 0 Å². The van der Waals surface area contributed by atoms with Gasteiger partial charge in [-0.1, -0.05) is 6.42 Å². The minimum atomic E-state index is 0. The lowest BCUT2D eigenvalue weighted by Crippen LogP contribution is -2.45. The van der Waals surface area contributed by atoms with Crippen molar-refractivity contribution in [2.45, 2.75) is 64.0 Å². The lowest BCUT2D eigenvalue weighted by atomic mass is 10.2. The molecule has 1 aromatic rings. The van der Waals surface area contributed by atoms with E-state index in [1.165, 1.54) is 49.4 Å². The van der Waals surface area contributed by atoms with Crippen LogP contribution in [0.1, 0.15) is 50.2 Å². The first-order valence-electron chi connectivity index (χ1n) is 9.32. The maximum Gasteiger partial charge on any atom is 0.191 e. The first kappa shape index (κ1) is 20.8. The van der Waals surface area contributed by atoms with E-state index in [0.29, 0.717) is 6.04 Å². The minimum Gasteiger partial charge on any atom is -0.356 e. The highest BCUT2D eigenvalue weighted by Crippen LogP contribution is 2.17. The normalized spacial score (nSPS) is 21.0. The van der Waals surface area contributed by atoms with Crippen LogP contribution in [0.15, 0.2) is 4.99 Å². The molecule has 6 nitrogen and oxygen atoms in total. The Hall–Kier alpha value is -0.510. The molecule has 2 N–H and O–H groups in total. The SMILES string of the molecule is CN=C(NCCCc1nnc2n1CCCCC2)NC1CCCSC1.I. The summed E-state index contributed by atoms with van der Waals surface area (Å²) in [5, 5.41) is 15.8. The molecule has 0 radical (unpaired) electrons. The highest BCUT2D eigenvalue weighted by Gasteiger charge is 2.16. The zero-order chi connectivity index (χ0) is 16.6. The number of rotatable bonds is 5. The van der Waals surface area contributed by atoms with Crippen LogP contribution >= 0.6 is 35.7 Å². The van der Waals surface area contributed by atoms with E-state index in [-0.39, 0.29) is 24.0 Å². The molecule has 2 aliphatic heterocycles. The van der Waals surface area contributed by atoms with Gasteiger partial charge in [0.1, 0.15) is 11.6 Å². The number of fused-ring (bicyclic) bond motifs is 1. The maximum atomic E-state index is 4.41. The molecular formula is C17H31IN6S. The van der Waals surface area contributed by atoms with Gasteiger partial charge in [-0.2, -0.15) is 11.8 Å². The van der Waals surface area contributed by atoms with Crippen LogP contribution in [0.3, 0.4) is 0 Å². The third-order valence-corrected chi connectivity index (χ3v) is 6.00. The third-order valence-electron chi connectivity index (χ3n) is 4.78. The second-order valence-electron chi connectivity index (χ2n) is 6.66. The average molecular weight is 478 g/mol. The van der Waals surface area contributed by atoms with Crippen LogP contribution in [-0.4, -0.2) is 51.9 Å². The fourth-order valence-corrected chi connectivity index (χ4v) is 4.50. The predicted molar refractivity (Wildman–Crippen MR) is 116 cm³/mol. The summed E-state index contributed by atoms with van der Waals surface area (Å²) in [6.45, 7) is 2.01. The summed E-state index contributed by atoms with van der Waals surface area (Å²) < 4.78 is 2.35. The van der Waals surface area contributed by atoms with E-state index >= 15 is 0 Å². The van der Waals surface area contributed by atoms with Gasteiger partial charge in [0.2, 0.25) is 0 Å². The van der Waals surface area contributed by atoms with Crippen LogP contribution in [0.25, 0.3) is 0 Å². The molecule has 1 fully saturated rings. The van der Waals surface area contributed by atoms with E-state index in [1.54, 1.807) is 0 Å². The van der Waals surface area contributed by atoms with E-state index in [2.05, 4.69) is 30.4 Å². The van der Waals surface area contributed by atoms with Crippen LogP contribution in [0, 0.1) is 0 Å². The summed E-state index contributed by atoms with van der Waals surface area (Å²) in [5.74, 6) is 5.75. The van der Waals surface area contributed by atoms with Crippen molar-refractivity contribution < 1.29 is 0 Å². The zero-order valence-electron chi connectivity index (χ0n) is 15.2. The minimum absolute atomic E-state index is 0. The maximum absolute atomic E-state index is 4.41. The summed E-state index contributed by atoms with van der Waals surface area (Å²) in [5.41, 5.74) is 0. The van der Waals surface area contributed by atoms with Crippen molar-refractivity contribution >= 4 is 41.7 Å². The Kier molecular flexibility index (Phi) is 9.36. The number of guanidine groups is 1. The van der Waals surface area contributed by atoms with Crippen LogP contribution < -0.4 is 10.6 Å². The number of thioether (sulfide) groups is 1. The Morgan fingerprint density at radius 2 is 2.20 bits per heavy atom. The van der Waals surface area contributed by atoms with Crippen molar-refractivity contribution in [2.24, 2.45) is 4.99 Å². The van der Waals surface area contributed by atoms with Gasteiger partial charge in [0.15, 0.2) is 5.96 Å². The molecule has 3 rings (SSSR count). The molecule has 1 aromatic heterocycles. The molecule has 3 heterocycles. The monoisotopic (exact) mass is 478 g/mol. The van der Waals surface area contributed by atoms with E-state index in [1.807, 2.05) is 18.8 Å². The highest BCUT2D eigenvalue weighted by atomic mass is 127. The first-order valence-corrected chi connectivity index (χ1v) is 10.5. The van der Waals surface area contributed by atoms with Gasteiger partial charge < -0.3 is 15.2 Å². The standard InChI is InChI=1S/C17H30N6S.HI/c1-18-17(20-14-7-6-12-24-13-14)19-10-5-9-16-22-21-15-8-3-2-4-11-23(15)16;/h14H,2-13H2,1H3,(H2,18,19,20);1H. The number of halogens is 1. The number of nitrogens with one attached hydrogen (secondary N) is 2. The first-order chi connectivity index (χ1) is 11.9. The zero-order valence-corrected chi connectivity index (χ0v) is 18.3. The van der Waals surface area contributed by atoms with E-state index in [0.717, 1.165) is 44.1 Å². The molecule has 0 bridgehead atoms. The van der Waals surface area contributed by atoms with Gasteiger partial charge in [0.25, 0.3) is 0 Å². The molecule has 25 heavy (non-hydrogen) atoms. The second kappa shape index (κ2) is 11.3. The topological polar surface area (TPSA) is 67.1 Å². The van der Waals surface area contributed by atoms with Gasteiger partial charge in [-0.25, -0.2) is 0 Å². The summed E-state index contributed by atoms with van der Waals surface area (Å²) in [4.78, 5) is 4.35. The van der Waals surface area contributed by atoms with E-state index in [4.69, 9.17) is 0 Å². The smallest absolute Gasteiger partial charge is 0.191 e. The molecule has 0 saturated carbocycles. The fraction of sp³-hybridized carbons (Fsp3) is 0.824. The summed E-state index contributed by atoms with van der Waals surface area (Å²) in [6, 6.07) is 0.558. The number of aromatic nitrogens is 3. The fourth-order valence-electron chi connectivity index (χ4n) is 3.43. The molecule has 142 valence electrons. The quantitative estimate of drug-likeness (QED) is 0.295. The molecule has 0 spiro atoms. The molecule has 0 amide bonds. The molecule has 1 unspecified atom stereocenters. The van der Waals surface area contributed by atoms with Crippen molar-refractivity contribution in [3.8, 4) is 0 Å². The third kappa shape index (κ3) is 6.30.